The van der Waals surface area contributed by atoms with Crippen LogP contribution in [0.2, 0.25) is 5.15 Å². The summed E-state index contributed by atoms with van der Waals surface area (Å²) in [5.74, 6) is 0.413. The minimum Gasteiger partial charge on any atom is -0.491 e. The summed E-state index contributed by atoms with van der Waals surface area (Å²) in [5, 5.41) is 2.97. The Labute approximate surface area is 122 Å². The summed E-state index contributed by atoms with van der Waals surface area (Å²) in [6.07, 6.45) is 2.77. The molecule has 0 aliphatic carbocycles. The van der Waals surface area contributed by atoms with Crippen LogP contribution in [0.5, 0.6) is 5.75 Å². The number of rotatable bonds is 4. The lowest BCUT2D eigenvalue weighted by Crippen LogP contribution is -2.14. The van der Waals surface area contributed by atoms with E-state index in [9.17, 15) is 4.79 Å². The molecule has 1 aromatic carbocycles. The zero-order valence-corrected chi connectivity index (χ0v) is 11.9. The Balaban J connectivity index is 2.02. The van der Waals surface area contributed by atoms with E-state index in [1.165, 1.54) is 12.4 Å². The largest absolute Gasteiger partial charge is 0.491 e. The molecule has 0 atom stereocenters. The molecule has 6 heteroatoms. The summed E-state index contributed by atoms with van der Waals surface area (Å²) in [7, 11) is 0. The molecule has 0 unspecified atom stereocenters. The van der Waals surface area contributed by atoms with Gasteiger partial charge in [-0.3, -0.25) is 4.79 Å². The first-order valence-corrected chi connectivity index (χ1v) is 6.48. The average molecular weight is 292 g/mol. The molecule has 2 rings (SSSR count). The van der Waals surface area contributed by atoms with Gasteiger partial charge >= 0.3 is 0 Å². The van der Waals surface area contributed by atoms with Crippen LogP contribution in [0.1, 0.15) is 24.3 Å². The molecular formula is C14H14ClN3O2. The number of benzene rings is 1. The highest BCUT2D eigenvalue weighted by Gasteiger charge is 2.08. The first kappa shape index (κ1) is 14.3. The topological polar surface area (TPSA) is 64.1 Å². The van der Waals surface area contributed by atoms with Gasteiger partial charge in [-0.15, -0.1) is 0 Å². The van der Waals surface area contributed by atoms with Crippen LogP contribution < -0.4 is 10.1 Å². The van der Waals surface area contributed by atoms with E-state index in [0.717, 1.165) is 5.75 Å². The van der Waals surface area contributed by atoms with Crippen LogP contribution in [0.25, 0.3) is 0 Å². The highest BCUT2D eigenvalue weighted by Crippen LogP contribution is 2.17. The number of halogens is 1. The zero-order chi connectivity index (χ0) is 14.5. The number of hydrogen-bond acceptors (Lipinski definition) is 4. The summed E-state index contributed by atoms with van der Waals surface area (Å²) >= 11 is 5.62. The van der Waals surface area contributed by atoms with Gasteiger partial charge in [0, 0.05) is 5.69 Å². The summed E-state index contributed by atoms with van der Waals surface area (Å²) in [6, 6.07) is 7.12. The molecule has 5 nitrogen and oxygen atoms in total. The van der Waals surface area contributed by atoms with E-state index in [4.69, 9.17) is 16.3 Å². The van der Waals surface area contributed by atoms with Crippen LogP contribution >= 0.6 is 11.6 Å². The molecule has 0 aliphatic heterocycles. The van der Waals surface area contributed by atoms with Crippen LogP contribution in [-0.4, -0.2) is 22.0 Å². The van der Waals surface area contributed by atoms with E-state index in [2.05, 4.69) is 15.3 Å². The Morgan fingerprint density at radius 1 is 1.20 bits per heavy atom. The number of carbonyl (C=O) groups is 1. The Bertz CT molecular complexity index is 582. The van der Waals surface area contributed by atoms with Crippen molar-refractivity contribution in [2.24, 2.45) is 0 Å². The van der Waals surface area contributed by atoms with Crippen LogP contribution in [0.15, 0.2) is 36.7 Å². The van der Waals surface area contributed by atoms with E-state index < -0.39 is 0 Å². The standard InChI is InChI=1S/C14H14ClN3O2/c1-9(2)20-11-5-3-10(4-6-11)18-14(19)12-7-17-13(15)8-16-12/h3-9H,1-2H3,(H,18,19). The third kappa shape index (κ3) is 3.93. The monoisotopic (exact) mass is 291 g/mol. The minimum absolute atomic E-state index is 0.111. The number of anilines is 1. The fourth-order valence-electron chi connectivity index (χ4n) is 1.51. The van der Waals surface area contributed by atoms with Crippen molar-refractivity contribution in [2.45, 2.75) is 20.0 Å². The summed E-state index contributed by atoms with van der Waals surface area (Å²) in [4.78, 5) is 19.6. The van der Waals surface area contributed by atoms with Gasteiger partial charge in [0.15, 0.2) is 0 Å². The third-order valence-corrected chi connectivity index (χ3v) is 2.53. The number of carbonyl (C=O) groups excluding carboxylic acids is 1. The molecule has 0 fully saturated rings. The molecule has 104 valence electrons. The van der Waals surface area contributed by atoms with Crippen LogP contribution in [0.4, 0.5) is 5.69 Å². The number of amides is 1. The molecule has 0 spiro atoms. The molecule has 2 aromatic rings. The van der Waals surface area contributed by atoms with Gasteiger partial charge in [-0.05, 0) is 38.1 Å². The quantitative estimate of drug-likeness (QED) is 0.940. The van der Waals surface area contributed by atoms with Crippen LogP contribution in [-0.2, 0) is 0 Å². The Kier molecular flexibility index (Phi) is 4.53. The van der Waals surface area contributed by atoms with E-state index >= 15 is 0 Å². The smallest absolute Gasteiger partial charge is 0.275 e. The fraction of sp³-hybridized carbons (Fsp3) is 0.214. The number of aromatic nitrogens is 2. The lowest BCUT2D eigenvalue weighted by atomic mass is 10.3. The van der Waals surface area contributed by atoms with Crippen molar-refractivity contribution in [3.63, 3.8) is 0 Å². The van der Waals surface area contributed by atoms with Gasteiger partial charge in [-0.25, -0.2) is 9.97 Å². The molecule has 0 bridgehead atoms. The first-order chi connectivity index (χ1) is 9.54. The number of nitrogens with one attached hydrogen (secondary N) is 1. The maximum atomic E-state index is 11.9. The highest BCUT2D eigenvalue weighted by atomic mass is 35.5. The van der Waals surface area contributed by atoms with Crippen molar-refractivity contribution in [1.29, 1.82) is 0 Å². The zero-order valence-electron chi connectivity index (χ0n) is 11.1. The molecule has 1 heterocycles. The van der Waals surface area contributed by atoms with Crippen molar-refractivity contribution in [3.05, 3.63) is 47.5 Å². The van der Waals surface area contributed by atoms with Gasteiger partial charge < -0.3 is 10.1 Å². The molecular weight excluding hydrogens is 278 g/mol. The molecule has 0 saturated heterocycles. The number of ether oxygens (including phenoxy) is 1. The number of nitrogens with zero attached hydrogens (tertiary/aromatic N) is 2. The molecule has 0 aliphatic rings. The minimum atomic E-state index is -0.341. The fourth-order valence-corrected chi connectivity index (χ4v) is 1.61. The molecule has 20 heavy (non-hydrogen) atoms. The first-order valence-electron chi connectivity index (χ1n) is 6.10. The lowest BCUT2D eigenvalue weighted by Gasteiger charge is -2.10. The van der Waals surface area contributed by atoms with Crippen molar-refractivity contribution in [1.82, 2.24) is 9.97 Å². The van der Waals surface area contributed by atoms with E-state index in [1.54, 1.807) is 24.3 Å². The summed E-state index contributed by atoms with van der Waals surface area (Å²) in [6.45, 7) is 3.91. The van der Waals surface area contributed by atoms with Gasteiger partial charge in [0.25, 0.3) is 5.91 Å². The van der Waals surface area contributed by atoms with Gasteiger partial charge in [0.05, 0.1) is 18.5 Å². The summed E-state index contributed by atoms with van der Waals surface area (Å²) < 4.78 is 5.52. The lowest BCUT2D eigenvalue weighted by molar-refractivity contribution is 0.102. The number of hydrogen-bond donors (Lipinski definition) is 1. The van der Waals surface area contributed by atoms with E-state index in [0.29, 0.717) is 5.69 Å². The molecule has 1 N–H and O–H groups in total. The highest BCUT2D eigenvalue weighted by molar-refractivity contribution is 6.29. The Morgan fingerprint density at radius 2 is 1.90 bits per heavy atom. The molecule has 0 saturated carbocycles. The SMILES string of the molecule is CC(C)Oc1ccc(NC(=O)c2cnc(Cl)cn2)cc1. The van der Waals surface area contributed by atoms with E-state index in [-0.39, 0.29) is 22.9 Å². The van der Waals surface area contributed by atoms with Crippen molar-refractivity contribution < 1.29 is 9.53 Å². The average Bonchev–Trinajstić information content (AvgIpc) is 2.41. The maximum Gasteiger partial charge on any atom is 0.275 e. The second-order valence-electron chi connectivity index (χ2n) is 4.37. The van der Waals surface area contributed by atoms with Crippen molar-refractivity contribution >= 4 is 23.2 Å². The summed E-state index contributed by atoms with van der Waals surface area (Å²) in [5.41, 5.74) is 0.861. The molecule has 1 amide bonds. The second-order valence-corrected chi connectivity index (χ2v) is 4.76. The Hall–Kier alpha value is -2.14. The van der Waals surface area contributed by atoms with Crippen LogP contribution in [0.3, 0.4) is 0 Å². The predicted octanol–water partition coefficient (Wildman–Crippen LogP) is 3.17. The van der Waals surface area contributed by atoms with Gasteiger partial charge in [0.1, 0.15) is 16.6 Å². The van der Waals surface area contributed by atoms with Crippen LogP contribution in [0, 0.1) is 0 Å². The Morgan fingerprint density at radius 3 is 2.45 bits per heavy atom. The molecule has 1 aromatic heterocycles. The maximum absolute atomic E-state index is 11.9. The second kappa shape index (κ2) is 6.34. The van der Waals surface area contributed by atoms with Crippen molar-refractivity contribution in [2.75, 3.05) is 5.32 Å². The van der Waals surface area contributed by atoms with E-state index in [1.807, 2.05) is 13.8 Å². The van der Waals surface area contributed by atoms with Gasteiger partial charge in [-0.1, -0.05) is 11.6 Å². The predicted molar refractivity (Wildman–Crippen MR) is 77.2 cm³/mol. The normalized spacial score (nSPS) is 10.4. The third-order valence-electron chi connectivity index (χ3n) is 2.34. The van der Waals surface area contributed by atoms with Gasteiger partial charge in [0.2, 0.25) is 0 Å². The van der Waals surface area contributed by atoms with Gasteiger partial charge in [-0.2, -0.15) is 0 Å². The molecule has 0 radical (unpaired) electrons. The van der Waals surface area contributed by atoms with Crippen molar-refractivity contribution in [3.8, 4) is 5.75 Å².